The van der Waals surface area contributed by atoms with Crippen LogP contribution in [0.5, 0.6) is 0 Å². The number of aromatic nitrogens is 1. The van der Waals surface area contributed by atoms with E-state index < -0.39 is 5.97 Å². The molecule has 2 aromatic heterocycles. The van der Waals surface area contributed by atoms with Crippen LogP contribution in [0.4, 0.5) is 0 Å². The van der Waals surface area contributed by atoms with E-state index >= 15 is 0 Å². The molecule has 0 amide bonds. The summed E-state index contributed by atoms with van der Waals surface area (Å²) in [5.41, 5.74) is 3.13. The molecule has 0 spiro atoms. The Morgan fingerprint density at radius 1 is 1.24 bits per heavy atom. The molecule has 1 N–H and O–H groups in total. The SMILES string of the molecule is CI.CI.O=C(O)c1ccc(/C=C2\CCCN=C2c2cccnc2)s1. The number of thiophene rings is 1. The van der Waals surface area contributed by atoms with Crippen molar-refractivity contribution in [3.05, 3.63) is 57.6 Å². The number of allylic oxidation sites excluding steroid dienone is 1. The molecular formula is C18H20I2N2O2S. The highest BCUT2D eigenvalue weighted by atomic mass is 127. The molecule has 0 fully saturated rings. The molecule has 7 heteroatoms. The molecule has 0 atom stereocenters. The zero-order chi connectivity index (χ0) is 18.7. The standard InChI is InChI=1S/C16H14N2O2S.2CH3I/c19-16(20)14-6-5-13(21-14)9-11-3-2-8-18-15(11)12-4-1-7-17-10-12;2*1-2/h1,4-7,9-10H,2-3,8H2,(H,19,20);2*1H3/b11-9+;;. The van der Waals surface area contributed by atoms with Gasteiger partial charge in [0.2, 0.25) is 0 Å². The van der Waals surface area contributed by atoms with Crippen LogP contribution in [0.1, 0.15) is 33.0 Å². The lowest BCUT2D eigenvalue weighted by Gasteiger charge is -2.15. The van der Waals surface area contributed by atoms with Gasteiger partial charge in [0.05, 0.1) is 5.71 Å². The minimum atomic E-state index is -0.880. The topological polar surface area (TPSA) is 62.5 Å². The summed E-state index contributed by atoms with van der Waals surface area (Å²) < 4.78 is 0. The Balaban J connectivity index is 0.000000730. The second-order valence-corrected chi connectivity index (χ2v) is 5.87. The number of rotatable bonds is 3. The summed E-state index contributed by atoms with van der Waals surface area (Å²) in [6.45, 7) is 0.826. The van der Waals surface area contributed by atoms with Crippen molar-refractivity contribution >= 4 is 74.3 Å². The molecule has 0 saturated heterocycles. The Bertz CT molecular complexity index is 728. The van der Waals surface area contributed by atoms with Crippen molar-refractivity contribution in [3.63, 3.8) is 0 Å². The maximum atomic E-state index is 11.0. The summed E-state index contributed by atoms with van der Waals surface area (Å²) in [6, 6.07) is 7.39. The zero-order valence-electron chi connectivity index (χ0n) is 14.1. The van der Waals surface area contributed by atoms with Crippen LogP contribution in [-0.4, -0.2) is 38.2 Å². The first-order valence-electron chi connectivity index (χ1n) is 7.48. The molecule has 134 valence electrons. The van der Waals surface area contributed by atoms with Crippen molar-refractivity contribution < 1.29 is 9.90 Å². The lowest BCUT2D eigenvalue weighted by atomic mass is 9.96. The van der Waals surface area contributed by atoms with Gasteiger partial charge in [-0.3, -0.25) is 9.98 Å². The summed E-state index contributed by atoms with van der Waals surface area (Å²) in [7, 11) is 0. The minimum absolute atomic E-state index is 0.359. The van der Waals surface area contributed by atoms with Gasteiger partial charge >= 0.3 is 5.97 Å². The average Bonchev–Trinajstić information content (AvgIpc) is 3.15. The van der Waals surface area contributed by atoms with E-state index in [4.69, 9.17) is 5.11 Å². The number of aromatic carboxylic acids is 1. The molecule has 3 rings (SSSR count). The number of halogens is 2. The van der Waals surface area contributed by atoms with Gasteiger partial charge in [0, 0.05) is 29.4 Å². The van der Waals surface area contributed by atoms with E-state index in [9.17, 15) is 4.79 Å². The first-order valence-corrected chi connectivity index (χ1v) is 12.6. The largest absolute Gasteiger partial charge is 0.477 e. The molecular weight excluding hydrogens is 562 g/mol. The molecule has 25 heavy (non-hydrogen) atoms. The smallest absolute Gasteiger partial charge is 0.345 e. The summed E-state index contributed by atoms with van der Waals surface area (Å²) in [5, 5.41) is 8.99. The molecule has 2 aromatic rings. The molecule has 0 bridgehead atoms. The van der Waals surface area contributed by atoms with E-state index in [0.29, 0.717) is 4.88 Å². The molecule has 0 aliphatic carbocycles. The highest BCUT2D eigenvalue weighted by Crippen LogP contribution is 2.25. The Morgan fingerprint density at radius 3 is 2.60 bits per heavy atom. The van der Waals surface area contributed by atoms with Gasteiger partial charge in [-0.1, -0.05) is 45.2 Å². The van der Waals surface area contributed by atoms with Gasteiger partial charge in [-0.05, 0) is 58.6 Å². The summed E-state index contributed by atoms with van der Waals surface area (Å²) in [4.78, 5) is 25.0. The Kier molecular flexibility index (Phi) is 11.1. The molecule has 3 heterocycles. The van der Waals surface area contributed by atoms with Crippen LogP contribution >= 0.6 is 56.5 Å². The lowest BCUT2D eigenvalue weighted by Crippen LogP contribution is -2.11. The summed E-state index contributed by atoms with van der Waals surface area (Å²) in [5.74, 6) is -0.880. The van der Waals surface area contributed by atoms with Gasteiger partial charge in [0.25, 0.3) is 0 Å². The van der Waals surface area contributed by atoms with Crippen LogP contribution in [0.25, 0.3) is 6.08 Å². The second kappa shape index (κ2) is 12.5. The number of carboxylic acids is 1. The fraction of sp³-hybridized carbons (Fsp3) is 0.278. The number of pyridine rings is 1. The van der Waals surface area contributed by atoms with Gasteiger partial charge in [-0.15, -0.1) is 11.3 Å². The molecule has 0 unspecified atom stereocenters. The first-order chi connectivity index (χ1) is 12.2. The maximum absolute atomic E-state index is 11.0. The third-order valence-electron chi connectivity index (χ3n) is 3.27. The normalized spacial score (nSPS) is 14.6. The fourth-order valence-corrected chi connectivity index (χ4v) is 3.13. The molecule has 0 radical (unpaired) electrons. The van der Waals surface area contributed by atoms with Crippen molar-refractivity contribution in [2.75, 3.05) is 16.4 Å². The first kappa shape index (κ1) is 22.2. The van der Waals surface area contributed by atoms with Crippen molar-refractivity contribution in [2.45, 2.75) is 12.8 Å². The predicted octanol–water partition coefficient (Wildman–Crippen LogP) is 5.61. The zero-order valence-corrected chi connectivity index (χ0v) is 19.2. The Labute approximate surface area is 179 Å². The van der Waals surface area contributed by atoms with Gasteiger partial charge in [-0.25, -0.2) is 4.79 Å². The van der Waals surface area contributed by atoms with Crippen LogP contribution in [0.3, 0.4) is 0 Å². The van der Waals surface area contributed by atoms with Crippen molar-refractivity contribution in [2.24, 2.45) is 4.99 Å². The predicted molar refractivity (Wildman–Crippen MR) is 124 cm³/mol. The second-order valence-electron chi connectivity index (χ2n) is 4.75. The van der Waals surface area contributed by atoms with Crippen molar-refractivity contribution in [3.8, 4) is 0 Å². The minimum Gasteiger partial charge on any atom is -0.477 e. The Morgan fingerprint density at radius 2 is 2.00 bits per heavy atom. The fourth-order valence-electron chi connectivity index (χ4n) is 2.32. The molecule has 1 aliphatic rings. The van der Waals surface area contributed by atoms with Crippen LogP contribution < -0.4 is 0 Å². The summed E-state index contributed by atoms with van der Waals surface area (Å²) in [6.07, 6.45) is 7.58. The number of carboxylic acid groups (broad SMARTS) is 1. The van der Waals surface area contributed by atoms with E-state index in [1.54, 1.807) is 12.3 Å². The molecule has 0 saturated carbocycles. The highest BCUT2D eigenvalue weighted by Gasteiger charge is 2.15. The van der Waals surface area contributed by atoms with Crippen molar-refractivity contribution in [1.82, 2.24) is 4.98 Å². The Hall–Kier alpha value is -0.810. The van der Waals surface area contributed by atoms with E-state index in [1.807, 2.05) is 40.3 Å². The average molecular weight is 582 g/mol. The quantitative estimate of drug-likeness (QED) is 0.378. The summed E-state index contributed by atoms with van der Waals surface area (Å²) >= 11 is 5.59. The van der Waals surface area contributed by atoms with Gasteiger partial charge < -0.3 is 5.11 Å². The molecule has 4 nitrogen and oxygen atoms in total. The highest BCUT2D eigenvalue weighted by molar-refractivity contribution is 14.1. The number of hydrogen-bond acceptors (Lipinski definition) is 4. The number of alkyl halides is 2. The molecule has 1 aliphatic heterocycles. The van der Waals surface area contributed by atoms with E-state index in [-0.39, 0.29) is 0 Å². The number of nitrogens with zero attached hydrogens (tertiary/aromatic N) is 2. The number of aliphatic imine (C=N–C) groups is 1. The maximum Gasteiger partial charge on any atom is 0.345 e. The third-order valence-corrected chi connectivity index (χ3v) is 4.29. The van der Waals surface area contributed by atoms with Crippen LogP contribution in [-0.2, 0) is 0 Å². The van der Waals surface area contributed by atoms with Gasteiger partial charge in [-0.2, -0.15) is 0 Å². The third kappa shape index (κ3) is 6.78. The van der Waals surface area contributed by atoms with E-state index in [2.05, 4.69) is 55.2 Å². The van der Waals surface area contributed by atoms with Crippen LogP contribution in [0.15, 0.2) is 47.2 Å². The van der Waals surface area contributed by atoms with E-state index in [0.717, 1.165) is 41.1 Å². The van der Waals surface area contributed by atoms with Crippen LogP contribution in [0.2, 0.25) is 0 Å². The molecule has 0 aromatic carbocycles. The van der Waals surface area contributed by atoms with Gasteiger partial charge in [0.15, 0.2) is 0 Å². The van der Waals surface area contributed by atoms with Gasteiger partial charge in [0.1, 0.15) is 4.88 Å². The van der Waals surface area contributed by atoms with Crippen molar-refractivity contribution in [1.29, 1.82) is 0 Å². The lowest BCUT2D eigenvalue weighted by molar-refractivity contribution is 0.0702. The number of hydrogen-bond donors (Lipinski definition) is 1. The van der Waals surface area contributed by atoms with E-state index in [1.165, 1.54) is 11.3 Å². The number of carbonyl (C=O) groups is 1. The monoisotopic (exact) mass is 582 g/mol. The van der Waals surface area contributed by atoms with Crippen LogP contribution in [0, 0.1) is 0 Å².